The molecule has 0 atom stereocenters. The molecule has 12 heteroatoms. The van der Waals surface area contributed by atoms with Crippen LogP contribution in [0.5, 0.6) is 17.2 Å². The molecule has 5 N–H and O–H groups in total. The Morgan fingerprint density at radius 3 is 2.06 bits per heavy atom. The second kappa shape index (κ2) is 11.0. The van der Waals surface area contributed by atoms with Crippen molar-refractivity contribution in [2.75, 3.05) is 27.0 Å². The average Bonchev–Trinajstić information content (AvgIpc) is 3.15. The Bertz CT molecular complexity index is 817. The van der Waals surface area contributed by atoms with Gasteiger partial charge in [0.25, 0.3) is 0 Å². The zero-order valence-electron chi connectivity index (χ0n) is 17.5. The van der Waals surface area contributed by atoms with Gasteiger partial charge in [0.1, 0.15) is 5.75 Å². The van der Waals surface area contributed by atoms with Crippen molar-refractivity contribution in [3.05, 3.63) is 17.7 Å². The van der Waals surface area contributed by atoms with E-state index in [9.17, 15) is 19.5 Å². The van der Waals surface area contributed by atoms with Gasteiger partial charge >= 0.3 is 17.9 Å². The number of methoxy groups -OCH3 is 1. The van der Waals surface area contributed by atoms with Crippen molar-refractivity contribution < 1.29 is 54.1 Å². The third kappa shape index (κ3) is 6.97. The lowest BCUT2D eigenvalue weighted by molar-refractivity contribution is -0.170. The Balaban J connectivity index is 0.000000247. The molecule has 1 saturated heterocycles. The minimum Gasteiger partial charge on any atom is -0.496 e. The lowest BCUT2D eigenvalue weighted by atomic mass is 9.96. The first kappa shape index (κ1) is 25.2. The summed E-state index contributed by atoms with van der Waals surface area (Å²) in [5.74, 6) is -2.66. The van der Waals surface area contributed by atoms with Gasteiger partial charge in [-0.1, -0.05) is 0 Å². The summed E-state index contributed by atoms with van der Waals surface area (Å²) in [7, 11) is 1.67. The van der Waals surface area contributed by atoms with Crippen LogP contribution in [0.15, 0.2) is 12.1 Å². The molecule has 1 aromatic carbocycles. The number of hydrogen-bond acceptors (Lipinski definition) is 9. The highest BCUT2D eigenvalue weighted by molar-refractivity contribution is 5.88. The molecule has 2 heterocycles. The van der Waals surface area contributed by atoms with E-state index in [2.05, 4.69) is 4.90 Å². The number of aliphatic carboxylic acids is 3. The maximum absolute atomic E-state index is 10.3. The van der Waals surface area contributed by atoms with Crippen molar-refractivity contribution in [2.24, 2.45) is 0 Å². The number of carboxylic acid groups (broad SMARTS) is 3. The van der Waals surface area contributed by atoms with Gasteiger partial charge in [0.05, 0.1) is 26.1 Å². The summed E-state index contributed by atoms with van der Waals surface area (Å²) < 4.78 is 16.2. The van der Waals surface area contributed by atoms with Gasteiger partial charge in [0.15, 0.2) is 17.1 Å². The highest BCUT2D eigenvalue weighted by atomic mass is 16.7. The first-order valence-corrected chi connectivity index (χ1v) is 9.80. The molecule has 1 aromatic rings. The summed E-state index contributed by atoms with van der Waals surface area (Å²) in [6.07, 6.45) is -0.752. The standard InChI is InChI=1S/C14H19NO4.C6H8O7/c1-17-12-7-14-13(18-9-19-14)6-10(12)8-15-4-2-11(16)3-5-15;7-3(8)1-6(13,5(11)12)2-4(9)10/h6-7,11,16H,2-5,8-9H2,1H3;13H,1-2H2,(H,7,8)(H,9,10)(H,11,12). The molecule has 0 bridgehead atoms. The van der Waals surface area contributed by atoms with Crippen molar-refractivity contribution >= 4 is 17.9 Å². The molecule has 3 rings (SSSR count). The van der Waals surface area contributed by atoms with Crippen LogP contribution in [0.25, 0.3) is 0 Å². The first-order chi connectivity index (χ1) is 15.0. The Morgan fingerprint density at radius 2 is 1.59 bits per heavy atom. The molecule has 0 spiro atoms. The van der Waals surface area contributed by atoms with Gasteiger partial charge in [-0.25, -0.2) is 4.79 Å². The molecular formula is C20H27NO11. The fourth-order valence-corrected chi connectivity index (χ4v) is 3.31. The number of rotatable bonds is 8. The number of fused-ring (bicyclic) bond motifs is 1. The molecule has 0 saturated carbocycles. The van der Waals surface area contributed by atoms with Crippen LogP contribution >= 0.6 is 0 Å². The number of likely N-dealkylation sites (tertiary alicyclic amines) is 1. The smallest absolute Gasteiger partial charge is 0.336 e. The first-order valence-electron chi connectivity index (χ1n) is 9.80. The van der Waals surface area contributed by atoms with E-state index in [1.54, 1.807) is 7.11 Å². The van der Waals surface area contributed by atoms with E-state index in [1.807, 2.05) is 12.1 Å². The number of aliphatic hydroxyl groups is 2. The van der Waals surface area contributed by atoms with Gasteiger partial charge in [0, 0.05) is 31.3 Å². The molecule has 32 heavy (non-hydrogen) atoms. The third-order valence-corrected chi connectivity index (χ3v) is 5.01. The van der Waals surface area contributed by atoms with Gasteiger partial charge < -0.3 is 39.7 Å². The number of hydrogen-bond donors (Lipinski definition) is 5. The van der Waals surface area contributed by atoms with E-state index in [0.717, 1.165) is 55.3 Å². The molecule has 12 nitrogen and oxygen atoms in total. The van der Waals surface area contributed by atoms with Crippen LogP contribution in [0.3, 0.4) is 0 Å². The van der Waals surface area contributed by atoms with Gasteiger partial charge in [-0.3, -0.25) is 14.5 Å². The lowest BCUT2D eigenvalue weighted by Crippen LogP contribution is -2.42. The van der Waals surface area contributed by atoms with Crippen LogP contribution in [0.2, 0.25) is 0 Å². The van der Waals surface area contributed by atoms with Gasteiger partial charge in [-0.2, -0.15) is 0 Å². The van der Waals surface area contributed by atoms with E-state index < -0.39 is 36.4 Å². The number of carbonyl (C=O) groups is 3. The summed E-state index contributed by atoms with van der Waals surface area (Å²) in [5.41, 5.74) is -1.64. The predicted molar refractivity (Wildman–Crippen MR) is 107 cm³/mol. The van der Waals surface area contributed by atoms with Gasteiger partial charge in [-0.05, 0) is 18.9 Å². The lowest BCUT2D eigenvalue weighted by Gasteiger charge is -2.29. The number of aliphatic hydroxyl groups excluding tert-OH is 1. The SMILES string of the molecule is COc1cc2c(cc1CN1CCC(O)CC1)OCO2.O=C(O)CC(O)(CC(=O)O)C(=O)O. The maximum atomic E-state index is 10.3. The maximum Gasteiger partial charge on any atom is 0.336 e. The number of piperidine rings is 1. The normalized spacial score (nSPS) is 16.1. The quantitative estimate of drug-likeness (QED) is 0.356. The summed E-state index contributed by atoms with van der Waals surface area (Å²) in [4.78, 5) is 32.8. The third-order valence-electron chi connectivity index (χ3n) is 5.01. The minimum atomic E-state index is -2.74. The van der Waals surface area contributed by atoms with E-state index in [-0.39, 0.29) is 12.9 Å². The Hall–Kier alpha value is -3.09. The van der Waals surface area contributed by atoms with Gasteiger partial charge in [0.2, 0.25) is 6.79 Å². The predicted octanol–water partition coefficient (Wildman–Crippen LogP) is 0.132. The van der Waals surface area contributed by atoms with Crippen LogP contribution in [-0.2, 0) is 20.9 Å². The Labute approximate surface area is 183 Å². The monoisotopic (exact) mass is 457 g/mol. The van der Waals surface area contributed by atoms with Crippen LogP contribution < -0.4 is 14.2 Å². The Kier molecular flexibility index (Phi) is 8.63. The number of carboxylic acids is 3. The second-order valence-electron chi connectivity index (χ2n) is 7.50. The molecule has 0 unspecified atom stereocenters. The molecule has 0 aliphatic carbocycles. The molecular weight excluding hydrogens is 430 g/mol. The van der Waals surface area contributed by atoms with E-state index in [1.165, 1.54) is 0 Å². The van der Waals surface area contributed by atoms with E-state index >= 15 is 0 Å². The van der Waals surface area contributed by atoms with Crippen LogP contribution in [0, 0.1) is 0 Å². The van der Waals surface area contributed by atoms with E-state index in [0.29, 0.717) is 0 Å². The van der Waals surface area contributed by atoms with Crippen LogP contribution in [-0.4, -0.2) is 87.0 Å². The van der Waals surface area contributed by atoms with Crippen molar-refractivity contribution in [3.63, 3.8) is 0 Å². The number of ether oxygens (including phenoxy) is 3. The van der Waals surface area contributed by atoms with E-state index in [4.69, 9.17) is 34.6 Å². The molecule has 178 valence electrons. The average molecular weight is 457 g/mol. The summed E-state index contributed by atoms with van der Waals surface area (Å²) in [6, 6.07) is 3.88. The Morgan fingerprint density at radius 1 is 1.06 bits per heavy atom. The molecule has 2 aliphatic rings. The van der Waals surface area contributed by atoms with Gasteiger partial charge in [-0.15, -0.1) is 0 Å². The molecule has 0 radical (unpaired) electrons. The molecule has 1 fully saturated rings. The molecule has 0 amide bonds. The van der Waals surface area contributed by atoms with Crippen molar-refractivity contribution in [2.45, 2.75) is 43.9 Å². The summed E-state index contributed by atoms with van der Waals surface area (Å²) >= 11 is 0. The second-order valence-corrected chi connectivity index (χ2v) is 7.50. The number of nitrogens with zero attached hydrogens (tertiary/aromatic N) is 1. The van der Waals surface area contributed by atoms with Crippen molar-refractivity contribution in [1.82, 2.24) is 4.90 Å². The number of benzene rings is 1. The van der Waals surface area contributed by atoms with Crippen LogP contribution in [0.1, 0.15) is 31.2 Å². The topological polar surface area (TPSA) is 183 Å². The summed E-state index contributed by atoms with van der Waals surface area (Å²) in [5, 5.41) is 43.3. The minimum absolute atomic E-state index is 0.144. The largest absolute Gasteiger partial charge is 0.496 e. The zero-order chi connectivity index (χ0) is 23.9. The fraction of sp³-hybridized carbons (Fsp3) is 0.550. The van der Waals surface area contributed by atoms with Crippen molar-refractivity contribution in [3.8, 4) is 17.2 Å². The highest BCUT2D eigenvalue weighted by Gasteiger charge is 2.40. The zero-order valence-corrected chi connectivity index (χ0v) is 17.5. The highest BCUT2D eigenvalue weighted by Crippen LogP contribution is 2.38. The molecule has 0 aromatic heterocycles. The van der Waals surface area contributed by atoms with Crippen LogP contribution in [0.4, 0.5) is 0 Å². The summed E-state index contributed by atoms with van der Waals surface area (Å²) in [6.45, 7) is 2.92. The van der Waals surface area contributed by atoms with Crippen molar-refractivity contribution in [1.29, 1.82) is 0 Å². The molecule has 2 aliphatic heterocycles. The fourth-order valence-electron chi connectivity index (χ4n) is 3.31.